The van der Waals surface area contributed by atoms with Gasteiger partial charge in [0.1, 0.15) is 4.99 Å². The zero-order valence-corrected chi connectivity index (χ0v) is 14.0. The SMILES string of the molecule is CCSC1CCC(Nc2cc(C)nc(C)c2C(N)=S)C1. The Kier molecular flexibility index (Phi) is 5.27. The van der Waals surface area contributed by atoms with Gasteiger partial charge < -0.3 is 11.1 Å². The zero-order chi connectivity index (χ0) is 14.7. The zero-order valence-electron chi connectivity index (χ0n) is 12.4. The molecule has 1 heterocycles. The summed E-state index contributed by atoms with van der Waals surface area (Å²) >= 11 is 7.25. The number of rotatable bonds is 5. The predicted molar refractivity (Wildman–Crippen MR) is 92.8 cm³/mol. The van der Waals surface area contributed by atoms with Gasteiger partial charge in [0.05, 0.1) is 5.56 Å². The highest BCUT2D eigenvalue weighted by Gasteiger charge is 2.25. The van der Waals surface area contributed by atoms with Crippen molar-refractivity contribution in [3.8, 4) is 0 Å². The molecule has 3 nitrogen and oxygen atoms in total. The van der Waals surface area contributed by atoms with E-state index in [1.807, 2.05) is 13.8 Å². The van der Waals surface area contributed by atoms with Gasteiger partial charge in [-0.05, 0) is 44.9 Å². The van der Waals surface area contributed by atoms with Crippen molar-refractivity contribution in [2.45, 2.75) is 51.3 Å². The van der Waals surface area contributed by atoms with Crippen LogP contribution in [0.1, 0.15) is 43.1 Å². The van der Waals surface area contributed by atoms with Crippen molar-refractivity contribution in [1.82, 2.24) is 4.98 Å². The van der Waals surface area contributed by atoms with Crippen LogP contribution in [0.25, 0.3) is 0 Å². The van der Waals surface area contributed by atoms with Gasteiger partial charge in [-0.1, -0.05) is 19.1 Å². The third-order valence-corrected chi connectivity index (χ3v) is 5.16. The third-order valence-electron chi connectivity index (χ3n) is 3.72. The molecule has 0 spiro atoms. The predicted octanol–water partition coefficient (Wildman–Crippen LogP) is 3.42. The summed E-state index contributed by atoms with van der Waals surface area (Å²) in [4.78, 5) is 4.89. The summed E-state index contributed by atoms with van der Waals surface area (Å²) in [6.07, 6.45) is 3.73. The molecule has 0 amide bonds. The van der Waals surface area contributed by atoms with Crippen molar-refractivity contribution >= 4 is 34.7 Å². The van der Waals surface area contributed by atoms with Crippen LogP contribution in [0.5, 0.6) is 0 Å². The van der Waals surface area contributed by atoms with Gasteiger partial charge in [-0.2, -0.15) is 11.8 Å². The second-order valence-electron chi connectivity index (χ2n) is 5.37. The van der Waals surface area contributed by atoms with Crippen molar-refractivity contribution in [3.05, 3.63) is 23.0 Å². The number of aromatic nitrogens is 1. The minimum absolute atomic E-state index is 0.426. The molecule has 110 valence electrons. The highest BCUT2D eigenvalue weighted by Crippen LogP contribution is 2.32. The van der Waals surface area contributed by atoms with Gasteiger partial charge in [0.25, 0.3) is 0 Å². The third kappa shape index (κ3) is 3.64. The van der Waals surface area contributed by atoms with Crippen LogP contribution in [0.2, 0.25) is 0 Å². The number of nitrogens with one attached hydrogen (secondary N) is 1. The molecule has 5 heteroatoms. The molecule has 2 rings (SSSR count). The van der Waals surface area contributed by atoms with Gasteiger partial charge >= 0.3 is 0 Å². The minimum Gasteiger partial charge on any atom is -0.389 e. The van der Waals surface area contributed by atoms with Gasteiger partial charge in [0, 0.05) is 28.4 Å². The van der Waals surface area contributed by atoms with E-state index in [4.69, 9.17) is 18.0 Å². The smallest absolute Gasteiger partial charge is 0.107 e. The van der Waals surface area contributed by atoms with E-state index >= 15 is 0 Å². The highest BCUT2D eigenvalue weighted by molar-refractivity contribution is 7.99. The Labute approximate surface area is 131 Å². The highest BCUT2D eigenvalue weighted by atomic mass is 32.2. The van der Waals surface area contributed by atoms with E-state index in [0.717, 1.165) is 27.9 Å². The summed E-state index contributed by atoms with van der Waals surface area (Å²) in [5.41, 5.74) is 9.73. The second kappa shape index (κ2) is 6.76. The standard InChI is InChI=1S/C15H23N3S2/c1-4-20-12-6-5-11(8-12)18-13-7-9(2)17-10(3)14(13)15(16)19/h7,11-12H,4-6,8H2,1-3H3,(H2,16,19)(H,17,18). The Hall–Kier alpha value is -0.810. The Morgan fingerprint density at radius 2 is 2.25 bits per heavy atom. The number of nitrogens with zero attached hydrogens (tertiary/aromatic N) is 1. The molecule has 1 aliphatic carbocycles. The molecular weight excluding hydrogens is 286 g/mol. The normalized spacial score (nSPS) is 21.9. The van der Waals surface area contributed by atoms with E-state index < -0.39 is 0 Å². The van der Waals surface area contributed by atoms with E-state index in [9.17, 15) is 0 Å². The number of nitrogens with two attached hydrogens (primary N) is 1. The molecule has 0 bridgehead atoms. The quantitative estimate of drug-likeness (QED) is 0.816. The average molecular weight is 310 g/mol. The molecule has 0 radical (unpaired) electrons. The number of hydrogen-bond donors (Lipinski definition) is 2. The molecule has 1 aromatic rings. The second-order valence-corrected chi connectivity index (χ2v) is 7.38. The Morgan fingerprint density at radius 1 is 1.50 bits per heavy atom. The van der Waals surface area contributed by atoms with Crippen LogP contribution in [0.4, 0.5) is 5.69 Å². The molecule has 2 unspecified atom stereocenters. The largest absolute Gasteiger partial charge is 0.389 e. The van der Waals surface area contributed by atoms with E-state index in [0.29, 0.717) is 11.0 Å². The monoisotopic (exact) mass is 309 g/mol. The van der Waals surface area contributed by atoms with Gasteiger partial charge in [0.2, 0.25) is 0 Å². The van der Waals surface area contributed by atoms with Crippen LogP contribution in [0.15, 0.2) is 6.07 Å². The van der Waals surface area contributed by atoms with Crippen LogP contribution >= 0.6 is 24.0 Å². The minimum atomic E-state index is 0.426. The van der Waals surface area contributed by atoms with E-state index in [1.54, 1.807) is 0 Å². The number of pyridine rings is 1. The maximum absolute atomic E-state index is 5.86. The first-order valence-electron chi connectivity index (χ1n) is 7.17. The Morgan fingerprint density at radius 3 is 2.90 bits per heavy atom. The maximum atomic E-state index is 5.86. The van der Waals surface area contributed by atoms with Crippen molar-refractivity contribution in [1.29, 1.82) is 0 Å². The summed E-state index contributed by atoms with van der Waals surface area (Å²) in [5.74, 6) is 1.20. The number of aryl methyl sites for hydroxylation is 2. The van der Waals surface area contributed by atoms with Crippen molar-refractivity contribution in [3.63, 3.8) is 0 Å². The Bertz CT molecular complexity index is 502. The first kappa shape index (κ1) is 15.6. The van der Waals surface area contributed by atoms with Crippen LogP contribution in [0, 0.1) is 13.8 Å². The molecule has 0 saturated heterocycles. The summed E-state index contributed by atoms with van der Waals surface area (Å²) in [5, 5.41) is 4.43. The molecule has 0 aliphatic heterocycles. The Balaban J connectivity index is 2.15. The molecule has 1 saturated carbocycles. The molecule has 1 aliphatic rings. The number of anilines is 1. The topological polar surface area (TPSA) is 50.9 Å². The molecule has 0 aromatic carbocycles. The fourth-order valence-electron chi connectivity index (χ4n) is 2.93. The van der Waals surface area contributed by atoms with Crippen LogP contribution in [0.3, 0.4) is 0 Å². The van der Waals surface area contributed by atoms with E-state index in [1.165, 1.54) is 25.0 Å². The van der Waals surface area contributed by atoms with Crippen molar-refractivity contribution in [2.24, 2.45) is 5.73 Å². The molecule has 1 fully saturated rings. The van der Waals surface area contributed by atoms with E-state index in [-0.39, 0.29) is 0 Å². The van der Waals surface area contributed by atoms with Gasteiger partial charge in [0.15, 0.2) is 0 Å². The number of thioether (sulfide) groups is 1. The van der Waals surface area contributed by atoms with Gasteiger partial charge in [-0.3, -0.25) is 4.98 Å². The van der Waals surface area contributed by atoms with Crippen LogP contribution < -0.4 is 11.1 Å². The molecule has 20 heavy (non-hydrogen) atoms. The summed E-state index contributed by atoms with van der Waals surface area (Å²) in [6.45, 7) is 6.20. The van der Waals surface area contributed by atoms with Crippen LogP contribution in [-0.2, 0) is 0 Å². The fourth-order valence-corrected chi connectivity index (χ4v) is 4.33. The average Bonchev–Trinajstić information content (AvgIpc) is 2.75. The maximum Gasteiger partial charge on any atom is 0.107 e. The lowest BCUT2D eigenvalue weighted by Gasteiger charge is -2.19. The molecular formula is C15H23N3S2. The molecule has 2 atom stereocenters. The van der Waals surface area contributed by atoms with Gasteiger partial charge in [-0.25, -0.2) is 0 Å². The summed E-state index contributed by atoms with van der Waals surface area (Å²) in [6, 6.07) is 2.58. The molecule has 3 N–H and O–H groups in total. The van der Waals surface area contributed by atoms with Crippen LogP contribution in [-0.4, -0.2) is 27.0 Å². The number of thiocarbonyl (C=S) groups is 1. The van der Waals surface area contributed by atoms with Gasteiger partial charge in [-0.15, -0.1) is 0 Å². The lowest BCUT2D eigenvalue weighted by molar-refractivity contribution is 0.756. The summed E-state index contributed by atoms with van der Waals surface area (Å²) in [7, 11) is 0. The summed E-state index contributed by atoms with van der Waals surface area (Å²) < 4.78 is 0. The first-order chi connectivity index (χ1) is 9.51. The fraction of sp³-hybridized carbons (Fsp3) is 0.600. The van der Waals surface area contributed by atoms with Crippen molar-refractivity contribution in [2.75, 3.05) is 11.1 Å². The number of hydrogen-bond acceptors (Lipinski definition) is 4. The lowest BCUT2D eigenvalue weighted by Crippen LogP contribution is -2.21. The van der Waals surface area contributed by atoms with Crippen molar-refractivity contribution < 1.29 is 0 Å². The lowest BCUT2D eigenvalue weighted by atomic mass is 10.1. The first-order valence-corrected chi connectivity index (χ1v) is 8.63. The molecule has 1 aromatic heterocycles. The van der Waals surface area contributed by atoms with E-state index in [2.05, 4.69) is 35.1 Å².